The molecule has 2 heterocycles. The van der Waals surface area contributed by atoms with E-state index in [4.69, 9.17) is 4.74 Å². The fourth-order valence-corrected chi connectivity index (χ4v) is 4.19. The molecule has 0 saturated carbocycles. The van der Waals surface area contributed by atoms with Crippen molar-refractivity contribution in [2.45, 2.75) is 12.6 Å². The minimum atomic E-state index is -0.722. The van der Waals surface area contributed by atoms with Crippen LogP contribution in [0.1, 0.15) is 16.5 Å². The van der Waals surface area contributed by atoms with E-state index in [1.54, 1.807) is 29.8 Å². The SMILES string of the molecule is COc1ccc(CNC(=O)NCC(O)c2ccc(-c3cccs3)s2)cc1. The second kappa shape index (κ2) is 8.84. The smallest absolute Gasteiger partial charge is 0.315 e. The molecule has 3 aromatic rings. The van der Waals surface area contributed by atoms with Gasteiger partial charge in [-0.15, -0.1) is 22.7 Å². The second-order valence-corrected chi connectivity index (χ2v) is 7.67. The minimum absolute atomic E-state index is 0.166. The largest absolute Gasteiger partial charge is 0.497 e. The summed E-state index contributed by atoms with van der Waals surface area (Å²) in [6, 6.07) is 15.1. The summed E-state index contributed by atoms with van der Waals surface area (Å²) in [5, 5.41) is 17.8. The van der Waals surface area contributed by atoms with E-state index >= 15 is 0 Å². The van der Waals surface area contributed by atoms with E-state index in [-0.39, 0.29) is 12.6 Å². The molecule has 0 aliphatic heterocycles. The number of urea groups is 1. The number of methoxy groups -OCH3 is 1. The van der Waals surface area contributed by atoms with E-state index in [2.05, 4.69) is 16.7 Å². The number of benzene rings is 1. The zero-order chi connectivity index (χ0) is 18.4. The normalized spacial score (nSPS) is 11.8. The number of ether oxygens (including phenoxy) is 1. The van der Waals surface area contributed by atoms with E-state index < -0.39 is 6.10 Å². The molecule has 5 nitrogen and oxygen atoms in total. The Labute approximate surface area is 160 Å². The lowest BCUT2D eigenvalue weighted by Gasteiger charge is -2.11. The highest BCUT2D eigenvalue weighted by molar-refractivity contribution is 7.21. The Balaban J connectivity index is 1.45. The maximum Gasteiger partial charge on any atom is 0.315 e. The number of hydrogen-bond donors (Lipinski definition) is 3. The Morgan fingerprint density at radius 1 is 1.12 bits per heavy atom. The summed E-state index contributed by atoms with van der Waals surface area (Å²) >= 11 is 3.21. The van der Waals surface area contributed by atoms with Crippen LogP contribution in [0, 0.1) is 0 Å². The standard InChI is InChI=1S/C19H20N2O3S2/c1-24-14-6-4-13(5-7-14)11-20-19(23)21-12-15(22)16-8-9-18(26-16)17-3-2-10-25-17/h2-10,15,22H,11-12H2,1H3,(H2,20,21,23). The topological polar surface area (TPSA) is 70.6 Å². The first-order valence-corrected chi connectivity index (χ1v) is 9.81. The van der Waals surface area contributed by atoms with Gasteiger partial charge in [-0.3, -0.25) is 0 Å². The number of aliphatic hydroxyl groups excluding tert-OH is 1. The molecular weight excluding hydrogens is 368 g/mol. The number of carbonyl (C=O) groups is 1. The molecule has 26 heavy (non-hydrogen) atoms. The van der Waals surface area contributed by atoms with E-state index in [1.165, 1.54) is 4.88 Å². The Morgan fingerprint density at radius 3 is 2.62 bits per heavy atom. The average Bonchev–Trinajstić information content (AvgIpc) is 3.36. The molecule has 0 bridgehead atoms. The number of aliphatic hydroxyl groups is 1. The van der Waals surface area contributed by atoms with Gasteiger partial charge < -0.3 is 20.5 Å². The van der Waals surface area contributed by atoms with Gasteiger partial charge in [-0.2, -0.15) is 0 Å². The fourth-order valence-electron chi connectivity index (χ4n) is 2.36. The summed E-state index contributed by atoms with van der Waals surface area (Å²) in [4.78, 5) is 15.1. The van der Waals surface area contributed by atoms with Crippen LogP contribution in [0.25, 0.3) is 9.75 Å². The van der Waals surface area contributed by atoms with Gasteiger partial charge >= 0.3 is 6.03 Å². The van der Waals surface area contributed by atoms with Gasteiger partial charge in [0.25, 0.3) is 0 Å². The lowest BCUT2D eigenvalue weighted by molar-refractivity contribution is 0.176. The van der Waals surface area contributed by atoms with Crippen molar-refractivity contribution in [1.29, 1.82) is 0 Å². The Hall–Kier alpha value is -2.35. The van der Waals surface area contributed by atoms with Crippen molar-refractivity contribution in [2.75, 3.05) is 13.7 Å². The highest BCUT2D eigenvalue weighted by Gasteiger charge is 2.13. The predicted molar refractivity (Wildman–Crippen MR) is 106 cm³/mol. The van der Waals surface area contributed by atoms with Crippen LogP contribution < -0.4 is 15.4 Å². The van der Waals surface area contributed by atoms with Crippen molar-refractivity contribution in [3.63, 3.8) is 0 Å². The molecular formula is C19H20N2O3S2. The second-order valence-electron chi connectivity index (χ2n) is 5.61. The number of carbonyl (C=O) groups excluding carboxylic acids is 1. The molecule has 1 atom stereocenters. The van der Waals surface area contributed by atoms with Gasteiger partial charge in [-0.1, -0.05) is 18.2 Å². The third-order valence-corrected chi connectivity index (χ3v) is 6.04. The fraction of sp³-hybridized carbons (Fsp3) is 0.211. The zero-order valence-corrected chi connectivity index (χ0v) is 15.9. The van der Waals surface area contributed by atoms with Gasteiger partial charge in [0.1, 0.15) is 11.9 Å². The molecule has 0 radical (unpaired) electrons. The average molecular weight is 389 g/mol. The van der Waals surface area contributed by atoms with Crippen molar-refractivity contribution in [3.8, 4) is 15.5 Å². The van der Waals surface area contributed by atoms with Crippen LogP contribution in [-0.4, -0.2) is 24.8 Å². The van der Waals surface area contributed by atoms with Crippen LogP contribution in [0.2, 0.25) is 0 Å². The van der Waals surface area contributed by atoms with Crippen LogP contribution in [0.3, 0.4) is 0 Å². The molecule has 3 rings (SSSR count). The van der Waals surface area contributed by atoms with Crippen molar-refractivity contribution in [1.82, 2.24) is 10.6 Å². The summed E-state index contributed by atoms with van der Waals surface area (Å²) in [5.41, 5.74) is 0.973. The van der Waals surface area contributed by atoms with E-state index in [1.807, 2.05) is 47.8 Å². The van der Waals surface area contributed by atoms with Crippen LogP contribution in [0.4, 0.5) is 4.79 Å². The molecule has 136 valence electrons. The lowest BCUT2D eigenvalue weighted by atomic mass is 10.2. The molecule has 2 aromatic heterocycles. The van der Waals surface area contributed by atoms with Crippen molar-refractivity contribution in [2.24, 2.45) is 0 Å². The quantitative estimate of drug-likeness (QED) is 0.573. The Bertz CT molecular complexity index is 829. The first-order valence-electron chi connectivity index (χ1n) is 8.12. The van der Waals surface area contributed by atoms with Crippen LogP contribution in [0.5, 0.6) is 5.75 Å². The number of rotatable bonds is 7. The van der Waals surface area contributed by atoms with Gasteiger partial charge in [0.2, 0.25) is 0 Å². The molecule has 0 saturated heterocycles. The highest BCUT2D eigenvalue weighted by Crippen LogP contribution is 2.33. The van der Waals surface area contributed by atoms with Crippen molar-refractivity contribution in [3.05, 3.63) is 64.4 Å². The molecule has 0 fully saturated rings. The molecule has 0 aliphatic rings. The van der Waals surface area contributed by atoms with Gasteiger partial charge in [0.15, 0.2) is 0 Å². The number of hydrogen-bond acceptors (Lipinski definition) is 5. The van der Waals surface area contributed by atoms with Gasteiger partial charge in [-0.25, -0.2) is 4.79 Å². The lowest BCUT2D eigenvalue weighted by Crippen LogP contribution is -2.37. The number of nitrogens with one attached hydrogen (secondary N) is 2. The van der Waals surface area contributed by atoms with E-state index in [0.717, 1.165) is 21.1 Å². The minimum Gasteiger partial charge on any atom is -0.497 e. The summed E-state index contributed by atoms with van der Waals surface area (Å²) in [6.07, 6.45) is -0.722. The Kier molecular flexibility index (Phi) is 6.27. The highest BCUT2D eigenvalue weighted by atomic mass is 32.1. The summed E-state index contributed by atoms with van der Waals surface area (Å²) < 4.78 is 5.10. The summed E-state index contributed by atoms with van der Waals surface area (Å²) in [5.74, 6) is 0.777. The molecule has 1 aromatic carbocycles. The maximum atomic E-state index is 11.9. The molecule has 2 amide bonds. The maximum absolute atomic E-state index is 11.9. The summed E-state index contributed by atoms with van der Waals surface area (Å²) in [7, 11) is 1.61. The summed E-state index contributed by atoms with van der Waals surface area (Å²) in [6.45, 7) is 0.576. The van der Waals surface area contributed by atoms with Crippen LogP contribution in [0.15, 0.2) is 53.9 Å². The number of amides is 2. The van der Waals surface area contributed by atoms with Gasteiger partial charge in [0.05, 0.1) is 13.7 Å². The predicted octanol–water partition coefficient (Wildman–Crippen LogP) is 4.02. The van der Waals surface area contributed by atoms with Gasteiger partial charge in [-0.05, 0) is 41.3 Å². The van der Waals surface area contributed by atoms with Gasteiger partial charge in [0, 0.05) is 21.2 Å². The first-order chi connectivity index (χ1) is 12.7. The molecule has 1 unspecified atom stereocenters. The number of thiophene rings is 2. The molecule has 0 aliphatic carbocycles. The van der Waals surface area contributed by atoms with E-state index in [0.29, 0.717) is 6.54 Å². The molecule has 0 spiro atoms. The third-order valence-electron chi connectivity index (χ3n) is 3.79. The molecule has 3 N–H and O–H groups in total. The zero-order valence-electron chi connectivity index (χ0n) is 14.3. The Morgan fingerprint density at radius 2 is 1.92 bits per heavy atom. The van der Waals surface area contributed by atoms with E-state index in [9.17, 15) is 9.90 Å². The first kappa shape index (κ1) is 18.4. The van der Waals surface area contributed by atoms with Crippen LogP contribution in [-0.2, 0) is 6.54 Å². The third kappa shape index (κ3) is 4.85. The van der Waals surface area contributed by atoms with Crippen molar-refractivity contribution >= 4 is 28.7 Å². The molecule has 7 heteroatoms. The van der Waals surface area contributed by atoms with Crippen molar-refractivity contribution < 1.29 is 14.6 Å². The van der Waals surface area contributed by atoms with Crippen LogP contribution >= 0.6 is 22.7 Å². The monoisotopic (exact) mass is 388 g/mol.